The van der Waals surface area contributed by atoms with Gasteiger partial charge in [0.2, 0.25) is 12.5 Å². The fourth-order valence-electron chi connectivity index (χ4n) is 3.28. The van der Waals surface area contributed by atoms with Crippen molar-refractivity contribution < 1.29 is 14.2 Å². The zero-order valence-corrected chi connectivity index (χ0v) is 12.9. The highest BCUT2D eigenvalue weighted by Crippen LogP contribution is 2.42. The van der Waals surface area contributed by atoms with Crippen molar-refractivity contribution in [3.63, 3.8) is 0 Å². The van der Waals surface area contributed by atoms with Gasteiger partial charge in [0.05, 0.1) is 7.11 Å². The molecule has 0 radical (unpaired) electrons. The lowest BCUT2D eigenvalue weighted by molar-refractivity contribution is 0.166. The first kappa shape index (κ1) is 14.5. The predicted octanol–water partition coefficient (Wildman–Crippen LogP) is 1.86. The largest absolute Gasteiger partial charge is 0.493 e. The molecule has 2 aliphatic heterocycles. The zero-order chi connectivity index (χ0) is 14.7. The Kier molecular flexibility index (Phi) is 4.51. The molecular formula is C16H24N2O3. The number of nitrogens with one attached hydrogen (secondary N) is 1. The number of rotatable bonds is 5. The lowest BCUT2D eigenvalue weighted by atomic mass is 9.97. The summed E-state index contributed by atoms with van der Waals surface area (Å²) in [4.78, 5) is 2.52. The molecule has 0 bridgehead atoms. The Morgan fingerprint density at radius 1 is 1.38 bits per heavy atom. The van der Waals surface area contributed by atoms with Gasteiger partial charge in [0.15, 0.2) is 11.5 Å². The highest BCUT2D eigenvalue weighted by molar-refractivity contribution is 5.55. The van der Waals surface area contributed by atoms with Crippen molar-refractivity contribution in [2.45, 2.75) is 19.4 Å². The first-order valence-corrected chi connectivity index (χ1v) is 7.63. The Morgan fingerprint density at radius 2 is 2.29 bits per heavy atom. The molecular weight excluding hydrogens is 268 g/mol. The van der Waals surface area contributed by atoms with E-state index in [2.05, 4.69) is 22.3 Å². The molecule has 1 atom stereocenters. The van der Waals surface area contributed by atoms with Gasteiger partial charge in [-0.15, -0.1) is 0 Å². The molecule has 5 heteroatoms. The second kappa shape index (κ2) is 6.54. The molecule has 116 valence electrons. The van der Waals surface area contributed by atoms with Gasteiger partial charge in [-0.1, -0.05) is 0 Å². The monoisotopic (exact) mass is 292 g/mol. The first-order valence-electron chi connectivity index (χ1n) is 7.63. The van der Waals surface area contributed by atoms with Crippen LogP contribution in [0.15, 0.2) is 12.1 Å². The summed E-state index contributed by atoms with van der Waals surface area (Å²) in [6, 6.07) is 4.14. The van der Waals surface area contributed by atoms with Crippen LogP contribution in [0.3, 0.4) is 0 Å². The predicted molar refractivity (Wildman–Crippen MR) is 81.0 cm³/mol. The van der Waals surface area contributed by atoms with Crippen LogP contribution in [0, 0.1) is 5.92 Å². The van der Waals surface area contributed by atoms with E-state index in [4.69, 9.17) is 14.2 Å². The zero-order valence-electron chi connectivity index (χ0n) is 12.9. The fraction of sp³-hybridized carbons (Fsp3) is 0.625. The average molecular weight is 292 g/mol. The van der Waals surface area contributed by atoms with Crippen molar-refractivity contribution in [2.75, 3.05) is 40.6 Å². The molecule has 0 aliphatic carbocycles. The van der Waals surface area contributed by atoms with Gasteiger partial charge >= 0.3 is 0 Å². The summed E-state index contributed by atoms with van der Waals surface area (Å²) in [6.45, 7) is 4.63. The molecule has 0 aromatic heterocycles. The number of nitrogens with zero attached hydrogens (tertiary/aromatic N) is 1. The average Bonchev–Trinajstić information content (AvgIpc) is 2.95. The summed E-state index contributed by atoms with van der Waals surface area (Å²) in [6.07, 6.45) is 2.59. The maximum atomic E-state index is 5.50. The maximum absolute atomic E-state index is 5.50. The van der Waals surface area contributed by atoms with Crippen molar-refractivity contribution in [3.05, 3.63) is 17.7 Å². The van der Waals surface area contributed by atoms with E-state index in [1.54, 1.807) is 7.11 Å². The summed E-state index contributed by atoms with van der Waals surface area (Å²) in [7, 11) is 3.70. The van der Waals surface area contributed by atoms with E-state index in [1.165, 1.54) is 18.4 Å². The number of benzene rings is 1. The summed E-state index contributed by atoms with van der Waals surface area (Å²) >= 11 is 0. The molecule has 1 N–H and O–H groups in total. The Bertz CT molecular complexity index is 491. The molecule has 21 heavy (non-hydrogen) atoms. The Morgan fingerprint density at radius 3 is 3.10 bits per heavy atom. The van der Waals surface area contributed by atoms with Crippen LogP contribution in [-0.4, -0.2) is 45.5 Å². The van der Waals surface area contributed by atoms with Crippen LogP contribution in [0.5, 0.6) is 17.2 Å². The minimum Gasteiger partial charge on any atom is -0.493 e. The third-order valence-electron chi connectivity index (χ3n) is 4.22. The van der Waals surface area contributed by atoms with Crippen molar-refractivity contribution in [1.29, 1.82) is 0 Å². The van der Waals surface area contributed by atoms with Crippen LogP contribution in [-0.2, 0) is 6.54 Å². The van der Waals surface area contributed by atoms with E-state index in [1.807, 2.05) is 7.05 Å². The minimum atomic E-state index is 0.281. The summed E-state index contributed by atoms with van der Waals surface area (Å²) in [5.74, 6) is 3.05. The lowest BCUT2D eigenvalue weighted by Crippen LogP contribution is -2.38. The van der Waals surface area contributed by atoms with Crippen LogP contribution in [0.4, 0.5) is 0 Å². The van der Waals surface area contributed by atoms with Crippen LogP contribution in [0.25, 0.3) is 0 Å². The fourth-order valence-corrected chi connectivity index (χ4v) is 3.28. The molecule has 1 saturated heterocycles. The van der Waals surface area contributed by atoms with Crippen LogP contribution >= 0.6 is 0 Å². The number of likely N-dealkylation sites (tertiary alicyclic amines) is 1. The van der Waals surface area contributed by atoms with Gasteiger partial charge in [0.1, 0.15) is 0 Å². The van der Waals surface area contributed by atoms with E-state index >= 15 is 0 Å². The topological polar surface area (TPSA) is 43.0 Å². The molecule has 0 amide bonds. The summed E-state index contributed by atoms with van der Waals surface area (Å²) < 4.78 is 16.4. The highest BCUT2D eigenvalue weighted by Gasteiger charge is 2.23. The molecule has 1 aromatic rings. The second-order valence-corrected chi connectivity index (χ2v) is 5.83. The van der Waals surface area contributed by atoms with Crippen molar-refractivity contribution in [2.24, 2.45) is 5.92 Å². The molecule has 3 rings (SSSR count). The first-order chi connectivity index (χ1) is 10.3. The molecule has 2 aliphatic rings. The number of piperidine rings is 1. The maximum Gasteiger partial charge on any atom is 0.231 e. The Labute approximate surface area is 126 Å². The van der Waals surface area contributed by atoms with Gasteiger partial charge in [-0.2, -0.15) is 0 Å². The van der Waals surface area contributed by atoms with E-state index < -0.39 is 0 Å². The summed E-state index contributed by atoms with van der Waals surface area (Å²) in [5.41, 5.74) is 1.22. The molecule has 2 heterocycles. The Hall–Kier alpha value is -1.46. The molecule has 1 aromatic carbocycles. The minimum absolute atomic E-state index is 0.281. The lowest BCUT2D eigenvalue weighted by Gasteiger charge is -2.32. The van der Waals surface area contributed by atoms with Crippen molar-refractivity contribution in [3.8, 4) is 17.2 Å². The van der Waals surface area contributed by atoms with Gasteiger partial charge < -0.3 is 19.5 Å². The van der Waals surface area contributed by atoms with E-state index in [-0.39, 0.29) is 6.79 Å². The van der Waals surface area contributed by atoms with Crippen LogP contribution < -0.4 is 19.5 Å². The normalized spacial score (nSPS) is 21.5. The van der Waals surface area contributed by atoms with Crippen molar-refractivity contribution >= 4 is 0 Å². The SMILES string of the molecule is CNCC1CCCN(Cc2cc(OC)c3c(c2)OCO3)C1. The number of ether oxygens (including phenoxy) is 3. The number of hydrogen-bond acceptors (Lipinski definition) is 5. The molecule has 1 fully saturated rings. The van der Waals surface area contributed by atoms with E-state index in [0.29, 0.717) is 0 Å². The van der Waals surface area contributed by atoms with Gasteiger partial charge in [0, 0.05) is 13.1 Å². The quantitative estimate of drug-likeness (QED) is 0.897. The Balaban J connectivity index is 1.70. The standard InChI is InChI=1S/C16H24N2O3/c1-17-8-12-4-3-5-18(9-12)10-13-6-14(19-2)16-15(7-13)20-11-21-16/h6-7,12,17H,3-5,8-11H2,1-2H3. The highest BCUT2D eigenvalue weighted by atomic mass is 16.7. The summed E-state index contributed by atoms with van der Waals surface area (Å²) in [5, 5.41) is 3.29. The molecule has 5 nitrogen and oxygen atoms in total. The molecule has 0 spiro atoms. The molecule has 1 unspecified atom stereocenters. The van der Waals surface area contributed by atoms with Crippen LogP contribution in [0.1, 0.15) is 18.4 Å². The third kappa shape index (κ3) is 3.24. The van der Waals surface area contributed by atoms with Gasteiger partial charge in [-0.3, -0.25) is 4.90 Å². The molecule has 0 saturated carbocycles. The van der Waals surface area contributed by atoms with E-state index in [0.717, 1.165) is 49.3 Å². The van der Waals surface area contributed by atoms with Crippen molar-refractivity contribution in [1.82, 2.24) is 10.2 Å². The number of methoxy groups -OCH3 is 1. The van der Waals surface area contributed by atoms with Gasteiger partial charge in [-0.25, -0.2) is 0 Å². The third-order valence-corrected chi connectivity index (χ3v) is 4.22. The van der Waals surface area contributed by atoms with Gasteiger partial charge in [-0.05, 0) is 56.6 Å². The number of hydrogen-bond donors (Lipinski definition) is 1. The number of fused-ring (bicyclic) bond motifs is 1. The van der Waals surface area contributed by atoms with E-state index in [9.17, 15) is 0 Å². The second-order valence-electron chi connectivity index (χ2n) is 5.83. The van der Waals surface area contributed by atoms with Crippen LogP contribution in [0.2, 0.25) is 0 Å². The smallest absolute Gasteiger partial charge is 0.231 e. The van der Waals surface area contributed by atoms with Gasteiger partial charge in [0.25, 0.3) is 0 Å².